The van der Waals surface area contributed by atoms with E-state index in [-0.39, 0.29) is 28.8 Å². The molecule has 0 heterocycles. The smallest absolute Gasteiger partial charge is 0.140 e. The molecule has 1 N–H and O–H groups in total. The van der Waals surface area contributed by atoms with E-state index >= 15 is 0 Å². The van der Waals surface area contributed by atoms with E-state index < -0.39 is 0 Å². The summed E-state index contributed by atoms with van der Waals surface area (Å²) in [7, 11) is 0. The molecular weight excluding hydrogens is 176 g/mol. The van der Waals surface area contributed by atoms with Crippen LogP contribution < -0.4 is 0 Å². The first-order valence-electron chi connectivity index (χ1n) is 5.72. The molecule has 76 valence electrons. The molecule has 2 heteroatoms. The summed E-state index contributed by atoms with van der Waals surface area (Å²) in [6.07, 6.45) is 2.00. The summed E-state index contributed by atoms with van der Waals surface area (Å²) in [5, 5.41) is 10.2. The van der Waals surface area contributed by atoms with E-state index in [1.807, 2.05) is 0 Å². The standard InChI is InChI=1S/C12H16O2/c1-11-3-5-6-4-12(11,2)8(10(6)14)7(11)9(5)13/h5-9,13H,3-4H2,1-2H3/t5?,6?,7?,8?,9-,11+,12-/m1/s1. The van der Waals surface area contributed by atoms with Gasteiger partial charge in [0.1, 0.15) is 5.78 Å². The molecule has 0 aliphatic heterocycles. The van der Waals surface area contributed by atoms with Crippen LogP contribution in [-0.2, 0) is 4.79 Å². The van der Waals surface area contributed by atoms with Crippen LogP contribution in [-0.4, -0.2) is 17.0 Å². The molecule has 14 heavy (non-hydrogen) atoms. The number of rotatable bonds is 0. The van der Waals surface area contributed by atoms with E-state index in [1.165, 1.54) is 0 Å². The molecule has 5 rings (SSSR count). The van der Waals surface area contributed by atoms with Crippen molar-refractivity contribution in [3.05, 3.63) is 0 Å². The third kappa shape index (κ3) is 0.440. The lowest BCUT2D eigenvalue weighted by Crippen LogP contribution is -2.62. The highest BCUT2D eigenvalue weighted by Crippen LogP contribution is 2.82. The molecule has 0 spiro atoms. The maximum atomic E-state index is 12.0. The molecule has 5 fully saturated rings. The summed E-state index contributed by atoms with van der Waals surface area (Å²) in [6.45, 7) is 4.58. The van der Waals surface area contributed by atoms with Gasteiger partial charge >= 0.3 is 0 Å². The van der Waals surface area contributed by atoms with Crippen LogP contribution in [0.15, 0.2) is 0 Å². The number of hydrogen-bond donors (Lipinski definition) is 1. The van der Waals surface area contributed by atoms with E-state index in [9.17, 15) is 9.90 Å². The summed E-state index contributed by atoms with van der Waals surface area (Å²) >= 11 is 0. The highest BCUT2D eigenvalue weighted by molar-refractivity contribution is 5.91. The Morgan fingerprint density at radius 2 is 2.00 bits per heavy atom. The monoisotopic (exact) mass is 192 g/mol. The maximum Gasteiger partial charge on any atom is 0.140 e. The Kier molecular flexibility index (Phi) is 0.959. The fourth-order valence-electron chi connectivity index (χ4n) is 5.61. The van der Waals surface area contributed by atoms with Crippen LogP contribution in [0.4, 0.5) is 0 Å². The van der Waals surface area contributed by atoms with Crippen LogP contribution in [0.2, 0.25) is 0 Å². The Morgan fingerprint density at radius 1 is 1.29 bits per heavy atom. The van der Waals surface area contributed by atoms with Crippen molar-refractivity contribution in [1.29, 1.82) is 0 Å². The first-order chi connectivity index (χ1) is 6.51. The maximum absolute atomic E-state index is 12.0. The van der Waals surface area contributed by atoms with Gasteiger partial charge in [0.05, 0.1) is 6.10 Å². The molecule has 2 nitrogen and oxygen atoms in total. The molecule has 0 radical (unpaired) electrons. The molecule has 7 atom stereocenters. The molecule has 0 aromatic heterocycles. The average Bonchev–Trinajstić information content (AvgIpc) is 2.32. The Bertz CT molecular complexity index is 363. The molecule has 0 aromatic rings. The minimum Gasteiger partial charge on any atom is -0.392 e. The first-order valence-corrected chi connectivity index (χ1v) is 5.72. The molecule has 0 aromatic carbocycles. The van der Waals surface area contributed by atoms with Gasteiger partial charge in [0, 0.05) is 17.8 Å². The normalized spacial score (nSPS) is 72.8. The number of Topliss-reactive ketones (excluding diaryl/α,β-unsaturated/α-hetero) is 1. The zero-order chi connectivity index (χ0) is 9.88. The van der Waals surface area contributed by atoms with Crippen molar-refractivity contribution in [2.45, 2.75) is 32.8 Å². The van der Waals surface area contributed by atoms with Crippen LogP contribution in [0.1, 0.15) is 26.7 Å². The van der Waals surface area contributed by atoms with Crippen molar-refractivity contribution in [2.75, 3.05) is 0 Å². The van der Waals surface area contributed by atoms with Crippen LogP contribution in [0.25, 0.3) is 0 Å². The van der Waals surface area contributed by atoms with E-state index in [2.05, 4.69) is 13.8 Å². The van der Waals surface area contributed by atoms with E-state index in [0.29, 0.717) is 17.6 Å². The highest BCUT2D eigenvalue weighted by Gasteiger charge is 2.83. The van der Waals surface area contributed by atoms with E-state index in [1.54, 1.807) is 0 Å². The van der Waals surface area contributed by atoms with Crippen LogP contribution in [0.3, 0.4) is 0 Å². The SMILES string of the molecule is C[C@@]12CC3C4C[C@]1(C)C(C4=O)C2[C@@H]3O. The minimum atomic E-state index is -0.164. The van der Waals surface area contributed by atoms with E-state index in [4.69, 9.17) is 0 Å². The van der Waals surface area contributed by atoms with Gasteiger partial charge in [-0.15, -0.1) is 0 Å². The van der Waals surface area contributed by atoms with Crippen molar-refractivity contribution in [3.8, 4) is 0 Å². The quantitative estimate of drug-likeness (QED) is 0.626. The lowest BCUT2D eigenvalue weighted by molar-refractivity contribution is -0.182. The van der Waals surface area contributed by atoms with Gasteiger partial charge < -0.3 is 5.11 Å². The molecule has 0 amide bonds. The molecular formula is C12H16O2. The number of hydrogen-bond acceptors (Lipinski definition) is 2. The lowest BCUT2D eigenvalue weighted by atomic mass is 9.41. The number of carbonyl (C=O) groups excluding carboxylic acids is 1. The molecule has 5 aliphatic rings. The third-order valence-corrected chi connectivity index (χ3v) is 6.39. The molecule has 5 aliphatic carbocycles. The Morgan fingerprint density at radius 3 is 2.71 bits per heavy atom. The number of ketones is 1. The van der Waals surface area contributed by atoms with Gasteiger partial charge in [-0.25, -0.2) is 0 Å². The average molecular weight is 192 g/mol. The Labute approximate surface area is 83.7 Å². The van der Waals surface area contributed by atoms with Gasteiger partial charge in [-0.05, 0) is 29.6 Å². The fraction of sp³-hybridized carbons (Fsp3) is 0.917. The van der Waals surface area contributed by atoms with Crippen LogP contribution in [0, 0.1) is 34.5 Å². The second kappa shape index (κ2) is 1.71. The second-order valence-electron chi connectivity index (χ2n) is 6.41. The first kappa shape index (κ1) is 7.86. The largest absolute Gasteiger partial charge is 0.392 e. The summed E-state index contributed by atoms with van der Waals surface area (Å²) < 4.78 is 0. The van der Waals surface area contributed by atoms with Gasteiger partial charge in [-0.2, -0.15) is 0 Å². The third-order valence-electron chi connectivity index (χ3n) is 6.39. The van der Waals surface area contributed by atoms with Crippen molar-refractivity contribution in [1.82, 2.24) is 0 Å². The van der Waals surface area contributed by atoms with Gasteiger partial charge in [0.15, 0.2) is 0 Å². The Balaban J connectivity index is 1.98. The molecule has 6 bridgehead atoms. The van der Waals surface area contributed by atoms with Crippen molar-refractivity contribution in [3.63, 3.8) is 0 Å². The summed E-state index contributed by atoms with van der Waals surface area (Å²) in [6, 6.07) is 0. The summed E-state index contributed by atoms with van der Waals surface area (Å²) in [5.41, 5.74) is 0.526. The van der Waals surface area contributed by atoms with Gasteiger partial charge in [-0.3, -0.25) is 4.79 Å². The molecule has 4 unspecified atom stereocenters. The van der Waals surface area contributed by atoms with Gasteiger partial charge in [0.25, 0.3) is 0 Å². The molecule has 5 saturated carbocycles. The van der Waals surface area contributed by atoms with Crippen molar-refractivity contribution < 1.29 is 9.90 Å². The second-order valence-corrected chi connectivity index (χ2v) is 6.41. The van der Waals surface area contributed by atoms with Crippen LogP contribution >= 0.6 is 0 Å². The zero-order valence-corrected chi connectivity index (χ0v) is 8.66. The number of carbonyl (C=O) groups is 1. The highest BCUT2D eigenvalue weighted by atomic mass is 16.3. The van der Waals surface area contributed by atoms with Crippen molar-refractivity contribution >= 4 is 5.78 Å². The number of aliphatic hydroxyl groups is 1. The van der Waals surface area contributed by atoms with Gasteiger partial charge in [-0.1, -0.05) is 13.8 Å². The van der Waals surface area contributed by atoms with E-state index in [0.717, 1.165) is 12.8 Å². The zero-order valence-electron chi connectivity index (χ0n) is 8.66. The summed E-state index contributed by atoms with van der Waals surface area (Å²) in [4.78, 5) is 12.0. The fourth-order valence-corrected chi connectivity index (χ4v) is 5.61. The summed E-state index contributed by atoms with van der Waals surface area (Å²) in [5.74, 6) is 1.54. The number of aliphatic hydroxyl groups excluding tert-OH is 1. The topological polar surface area (TPSA) is 37.3 Å². The predicted molar refractivity (Wildman–Crippen MR) is 50.4 cm³/mol. The Hall–Kier alpha value is -0.370. The predicted octanol–water partition coefficient (Wildman–Crippen LogP) is 1.23. The molecule has 0 saturated heterocycles. The van der Waals surface area contributed by atoms with Crippen LogP contribution in [0.5, 0.6) is 0 Å². The van der Waals surface area contributed by atoms with Crippen molar-refractivity contribution in [2.24, 2.45) is 34.5 Å². The van der Waals surface area contributed by atoms with Gasteiger partial charge in [0.2, 0.25) is 0 Å². The minimum absolute atomic E-state index is 0.164. The lowest BCUT2D eigenvalue weighted by Gasteiger charge is -2.62.